The number of rotatable bonds is 10. The summed E-state index contributed by atoms with van der Waals surface area (Å²) in [5.74, 6) is -4.64. The van der Waals surface area contributed by atoms with Crippen molar-refractivity contribution in [2.24, 2.45) is 0 Å². The molecule has 0 fully saturated rings. The Bertz CT molecular complexity index is 1940. The van der Waals surface area contributed by atoms with Crippen LogP contribution in [-0.4, -0.2) is 38.0 Å². The predicted molar refractivity (Wildman–Crippen MR) is 148 cm³/mol. The second-order valence-electron chi connectivity index (χ2n) is 9.53. The zero-order chi connectivity index (χ0) is 33.4. The van der Waals surface area contributed by atoms with Crippen LogP contribution in [0.1, 0.15) is 22.6 Å². The lowest BCUT2D eigenvalue weighted by Gasteiger charge is -2.24. The van der Waals surface area contributed by atoms with Crippen LogP contribution in [0.2, 0.25) is 5.02 Å². The molecule has 1 aromatic heterocycles. The smallest absolute Gasteiger partial charge is 0.449 e. The first kappa shape index (κ1) is 34.0. The first-order valence-electron chi connectivity index (χ1n) is 12.4. The number of halogens is 7. The van der Waals surface area contributed by atoms with Crippen molar-refractivity contribution in [1.29, 1.82) is 0 Å². The highest BCUT2D eigenvalue weighted by Crippen LogP contribution is 2.40. The van der Waals surface area contributed by atoms with E-state index in [1.54, 1.807) is 0 Å². The van der Waals surface area contributed by atoms with Crippen molar-refractivity contribution in [2.45, 2.75) is 35.2 Å². The number of benzene rings is 3. The van der Waals surface area contributed by atoms with Gasteiger partial charge in [0.2, 0.25) is 15.8 Å². The van der Waals surface area contributed by atoms with Crippen molar-refractivity contribution >= 4 is 37.4 Å². The molecule has 0 aliphatic rings. The Balaban J connectivity index is 1.73. The van der Waals surface area contributed by atoms with Crippen molar-refractivity contribution in [3.63, 3.8) is 0 Å². The molecule has 0 saturated heterocycles. The second kappa shape index (κ2) is 12.5. The van der Waals surface area contributed by atoms with Crippen LogP contribution in [0.4, 0.5) is 26.3 Å². The number of furan rings is 1. The Kier molecular flexibility index (Phi) is 9.45. The fraction of sp³-hybridized carbons (Fsp3) is 0.179. The molecule has 240 valence electrons. The van der Waals surface area contributed by atoms with Crippen molar-refractivity contribution in [1.82, 2.24) is 4.31 Å². The lowest BCUT2D eigenvalue weighted by molar-refractivity contribution is -0.153. The molecular weight excluding hydrogens is 676 g/mol. The van der Waals surface area contributed by atoms with Gasteiger partial charge in [0.15, 0.2) is 15.6 Å². The molecule has 4 aromatic rings. The minimum Gasteiger partial charge on any atom is -0.480 e. The number of sulfonamides is 1. The molecule has 0 aliphatic carbocycles. The molecule has 0 aliphatic heterocycles. The SMILES string of the molecule is O=C(O)CS(=O)(=O)c1cccc(-c2ccc(CN(Cc3ccc(C(F)(F)F)o3)S(=O)(=O)c3c(Cl)cccc3C(F)(F)F)cc2)c1. The van der Waals surface area contributed by atoms with Crippen LogP contribution in [0.25, 0.3) is 11.1 Å². The van der Waals surface area contributed by atoms with Gasteiger partial charge < -0.3 is 9.52 Å². The van der Waals surface area contributed by atoms with E-state index in [0.717, 1.165) is 18.2 Å². The molecule has 0 radical (unpaired) electrons. The highest BCUT2D eigenvalue weighted by atomic mass is 35.5. The van der Waals surface area contributed by atoms with E-state index in [2.05, 4.69) is 0 Å². The Labute approximate surface area is 257 Å². The van der Waals surface area contributed by atoms with Crippen LogP contribution < -0.4 is 0 Å². The summed E-state index contributed by atoms with van der Waals surface area (Å²) < 4.78 is 138. The maximum atomic E-state index is 13.8. The van der Waals surface area contributed by atoms with Crippen LogP contribution in [0, 0.1) is 0 Å². The average Bonchev–Trinajstić information content (AvgIpc) is 3.41. The van der Waals surface area contributed by atoms with Gasteiger partial charge in [-0.3, -0.25) is 4.79 Å². The van der Waals surface area contributed by atoms with Gasteiger partial charge in [0, 0.05) is 6.54 Å². The molecule has 1 heterocycles. The summed E-state index contributed by atoms with van der Waals surface area (Å²) >= 11 is 5.94. The second-order valence-corrected chi connectivity index (χ2v) is 13.8. The molecule has 4 rings (SSSR count). The number of hydrogen-bond donors (Lipinski definition) is 1. The topological polar surface area (TPSA) is 122 Å². The summed E-state index contributed by atoms with van der Waals surface area (Å²) in [5.41, 5.74) is -0.644. The van der Waals surface area contributed by atoms with Gasteiger partial charge in [0.05, 0.1) is 22.0 Å². The third-order valence-corrected chi connectivity index (χ3v) is 10.2. The summed E-state index contributed by atoms with van der Waals surface area (Å²) in [6.45, 7) is -1.54. The van der Waals surface area contributed by atoms with Gasteiger partial charge in [-0.1, -0.05) is 54.1 Å². The van der Waals surface area contributed by atoms with E-state index < -0.39 is 84.0 Å². The van der Waals surface area contributed by atoms with Gasteiger partial charge in [0.25, 0.3) is 0 Å². The molecule has 0 saturated carbocycles. The van der Waals surface area contributed by atoms with E-state index in [1.165, 1.54) is 48.5 Å². The molecule has 17 heteroatoms. The van der Waals surface area contributed by atoms with Gasteiger partial charge in [-0.2, -0.15) is 30.6 Å². The first-order valence-corrected chi connectivity index (χ1v) is 15.9. The third-order valence-electron chi connectivity index (χ3n) is 6.30. The normalized spacial score (nSPS) is 12.9. The molecule has 0 atom stereocenters. The summed E-state index contributed by atoms with van der Waals surface area (Å²) in [6.07, 6.45) is -10.1. The number of carbonyl (C=O) groups is 1. The Morgan fingerprint density at radius 1 is 0.800 bits per heavy atom. The van der Waals surface area contributed by atoms with Gasteiger partial charge in [0.1, 0.15) is 10.7 Å². The van der Waals surface area contributed by atoms with E-state index in [4.69, 9.17) is 21.1 Å². The van der Waals surface area contributed by atoms with E-state index in [-0.39, 0.29) is 10.5 Å². The number of carboxylic acids is 1. The van der Waals surface area contributed by atoms with Crippen LogP contribution in [-0.2, 0) is 50.1 Å². The number of aliphatic carboxylic acids is 1. The van der Waals surface area contributed by atoms with Crippen LogP contribution in [0.15, 0.2) is 93.1 Å². The van der Waals surface area contributed by atoms with Crippen molar-refractivity contribution < 1.29 is 57.5 Å². The van der Waals surface area contributed by atoms with E-state index >= 15 is 0 Å². The fourth-order valence-corrected chi connectivity index (χ4v) is 7.46. The van der Waals surface area contributed by atoms with E-state index in [1.807, 2.05) is 0 Å². The number of alkyl halides is 6. The van der Waals surface area contributed by atoms with Crippen LogP contribution in [0.5, 0.6) is 0 Å². The monoisotopic (exact) mass is 695 g/mol. The zero-order valence-electron chi connectivity index (χ0n) is 22.4. The summed E-state index contributed by atoms with van der Waals surface area (Å²) in [5, 5.41) is 8.12. The molecule has 0 unspecified atom stereocenters. The Morgan fingerprint density at radius 3 is 2.02 bits per heavy atom. The lowest BCUT2D eigenvalue weighted by atomic mass is 10.0. The van der Waals surface area contributed by atoms with Gasteiger partial charge >= 0.3 is 18.3 Å². The van der Waals surface area contributed by atoms with Crippen molar-refractivity contribution in [3.8, 4) is 11.1 Å². The van der Waals surface area contributed by atoms with Crippen molar-refractivity contribution in [3.05, 3.63) is 107 Å². The minimum atomic E-state index is -5.15. The highest BCUT2D eigenvalue weighted by molar-refractivity contribution is 7.92. The van der Waals surface area contributed by atoms with Crippen molar-refractivity contribution in [2.75, 3.05) is 5.75 Å². The number of carboxylic acid groups (broad SMARTS) is 1. The van der Waals surface area contributed by atoms with E-state index in [0.29, 0.717) is 27.6 Å². The predicted octanol–water partition coefficient (Wildman–Crippen LogP) is 6.89. The third kappa shape index (κ3) is 7.87. The van der Waals surface area contributed by atoms with Crippen LogP contribution >= 0.6 is 11.6 Å². The van der Waals surface area contributed by atoms with Gasteiger partial charge in [-0.25, -0.2) is 16.8 Å². The number of sulfone groups is 1. The number of nitrogens with zero attached hydrogens (tertiary/aromatic N) is 1. The molecule has 0 spiro atoms. The number of hydrogen-bond acceptors (Lipinski definition) is 6. The summed E-state index contributed by atoms with van der Waals surface area (Å²) in [7, 11) is -9.29. The minimum absolute atomic E-state index is 0.181. The summed E-state index contributed by atoms with van der Waals surface area (Å²) in [4.78, 5) is 9.37. The molecule has 3 aromatic carbocycles. The molecular formula is C28H20ClF6NO7S2. The lowest BCUT2D eigenvalue weighted by Crippen LogP contribution is -2.32. The maximum Gasteiger partial charge on any atom is 0.449 e. The molecule has 1 N–H and O–H groups in total. The van der Waals surface area contributed by atoms with Gasteiger partial charge in [-0.15, -0.1) is 0 Å². The molecule has 8 nitrogen and oxygen atoms in total. The largest absolute Gasteiger partial charge is 0.480 e. The maximum absolute atomic E-state index is 13.8. The quantitative estimate of drug-likeness (QED) is 0.179. The highest BCUT2D eigenvalue weighted by Gasteiger charge is 2.41. The fourth-order valence-electron chi connectivity index (χ4n) is 4.26. The molecule has 45 heavy (non-hydrogen) atoms. The van der Waals surface area contributed by atoms with E-state index in [9.17, 15) is 48.0 Å². The Hall–Kier alpha value is -3.86. The average molecular weight is 696 g/mol. The Morgan fingerprint density at radius 2 is 1.44 bits per heavy atom. The molecule has 0 amide bonds. The van der Waals surface area contributed by atoms with Gasteiger partial charge in [-0.05, 0) is 53.1 Å². The molecule has 0 bridgehead atoms. The van der Waals surface area contributed by atoms with Crippen LogP contribution in [0.3, 0.4) is 0 Å². The first-order chi connectivity index (χ1) is 20.8. The summed E-state index contributed by atoms with van der Waals surface area (Å²) in [6, 6.07) is 14.7. The standard InChI is InChI=1S/C28H20ClF6NO7S2/c29-23-6-2-5-22(27(30,31)32)26(23)45(41,42)36(15-20-11-12-24(43-20)28(33,34)35)14-17-7-9-18(10-8-17)19-3-1-4-21(13-19)44(39,40)16-25(37)38/h1-13H,14-16H2,(H,37,38). The zero-order valence-corrected chi connectivity index (χ0v) is 24.8.